The molecule has 0 aromatic carbocycles. The molecule has 4 nitrogen and oxygen atoms in total. The average Bonchev–Trinajstić information content (AvgIpc) is 2.62. The van der Waals surface area contributed by atoms with Crippen molar-refractivity contribution in [2.24, 2.45) is 11.8 Å². The quantitative estimate of drug-likeness (QED) is 0.794. The number of likely N-dealkylation sites (N-methyl/N-ethyl adjacent to an activating group) is 1. The van der Waals surface area contributed by atoms with Gasteiger partial charge in [-0.25, -0.2) is 0 Å². The summed E-state index contributed by atoms with van der Waals surface area (Å²) in [5, 5.41) is 9.74. The van der Waals surface area contributed by atoms with Crippen molar-refractivity contribution in [3.63, 3.8) is 0 Å². The van der Waals surface area contributed by atoms with Crippen LogP contribution in [0.1, 0.15) is 71.1 Å². The summed E-state index contributed by atoms with van der Waals surface area (Å²) < 4.78 is 0. The Hall–Kier alpha value is -1.08. The van der Waals surface area contributed by atoms with Crippen LogP contribution in [0.25, 0.3) is 0 Å². The first-order valence-corrected chi connectivity index (χ1v) is 9.99. The molecular weight excluding hydrogens is 298 g/mol. The number of amides is 1. The average molecular weight is 332 g/mol. The molecule has 0 aromatic heterocycles. The summed E-state index contributed by atoms with van der Waals surface area (Å²) in [6.07, 6.45) is 11.5. The zero-order valence-electron chi connectivity index (χ0n) is 15.5. The molecule has 2 saturated carbocycles. The van der Waals surface area contributed by atoms with E-state index in [1.165, 1.54) is 38.5 Å². The van der Waals surface area contributed by atoms with E-state index in [0.29, 0.717) is 18.5 Å². The van der Waals surface area contributed by atoms with Crippen molar-refractivity contribution in [1.29, 1.82) is 5.26 Å². The van der Waals surface area contributed by atoms with Gasteiger partial charge in [-0.05, 0) is 56.9 Å². The van der Waals surface area contributed by atoms with E-state index in [9.17, 15) is 10.1 Å². The molecule has 4 heteroatoms. The van der Waals surface area contributed by atoms with Gasteiger partial charge in [-0.3, -0.25) is 9.69 Å². The molecule has 0 N–H and O–H groups in total. The van der Waals surface area contributed by atoms with Crippen LogP contribution >= 0.6 is 0 Å². The van der Waals surface area contributed by atoms with Gasteiger partial charge in [-0.2, -0.15) is 5.26 Å². The topological polar surface area (TPSA) is 47.3 Å². The van der Waals surface area contributed by atoms with Gasteiger partial charge in [-0.1, -0.05) is 32.6 Å². The van der Waals surface area contributed by atoms with Gasteiger partial charge >= 0.3 is 0 Å². The molecule has 0 aromatic rings. The van der Waals surface area contributed by atoms with Crippen LogP contribution in [0.3, 0.4) is 0 Å². The fourth-order valence-electron chi connectivity index (χ4n) is 5.55. The van der Waals surface area contributed by atoms with Gasteiger partial charge in [0.25, 0.3) is 0 Å². The maximum Gasteiger partial charge on any atom is 0.237 e. The van der Waals surface area contributed by atoms with E-state index in [2.05, 4.69) is 17.9 Å². The molecule has 1 aliphatic heterocycles. The number of nitriles is 1. The summed E-state index contributed by atoms with van der Waals surface area (Å²) >= 11 is 0. The van der Waals surface area contributed by atoms with Crippen molar-refractivity contribution >= 4 is 5.91 Å². The molecule has 0 radical (unpaired) electrons. The fraction of sp³-hybridized carbons (Fsp3) is 0.900. The molecule has 0 bridgehead atoms. The lowest BCUT2D eigenvalue weighted by Crippen LogP contribution is -2.57. The Morgan fingerprint density at radius 2 is 1.88 bits per heavy atom. The predicted octanol–water partition coefficient (Wildman–Crippen LogP) is 3.57. The Labute approximate surface area is 147 Å². The second-order valence-electron chi connectivity index (χ2n) is 8.43. The highest BCUT2D eigenvalue weighted by atomic mass is 16.2. The minimum Gasteiger partial charge on any atom is -0.326 e. The first kappa shape index (κ1) is 17.7. The van der Waals surface area contributed by atoms with Crippen molar-refractivity contribution in [2.45, 2.75) is 82.7 Å². The smallest absolute Gasteiger partial charge is 0.237 e. The molecule has 1 heterocycles. The van der Waals surface area contributed by atoms with E-state index in [1.54, 1.807) is 4.90 Å². The van der Waals surface area contributed by atoms with Crippen molar-refractivity contribution in [3.8, 4) is 6.07 Å². The zero-order chi connectivity index (χ0) is 17.2. The van der Waals surface area contributed by atoms with E-state index in [-0.39, 0.29) is 5.91 Å². The van der Waals surface area contributed by atoms with Gasteiger partial charge in [0.05, 0.1) is 12.6 Å². The Balaban J connectivity index is 1.68. The number of rotatable bonds is 3. The summed E-state index contributed by atoms with van der Waals surface area (Å²) in [7, 11) is 1.86. The highest BCUT2D eigenvalue weighted by Crippen LogP contribution is 2.39. The molecule has 1 amide bonds. The van der Waals surface area contributed by atoms with Gasteiger partial charge in [-0.15, -0.1) is 0 Å². The summed E-state index contributed by atoms with van der Waals surface area (Å²) in [5.74, 6) is 1.62. The van der Waals surface area contributed by atoms with Crippen molar-refractivity contribution in [3.05, 3.63) is 0 Å². The van der Waals surface area contributed by atoms with Gasteiger partial charge in [0.1, 0.15) is 5.54 Å². The standard InChI is InChI=1S/C20H33N3O/c1-16-8-6-9-17-10-7-13-23(19(16)17)14-18(24)22(2)20(15-21)11-4-3-5-12-20/h16-17,19H,3-14H2,1-2H3. The lowest BCUT2D eigenvalue weighted by molar-refractivity contribution is -0.138. The second-order valence-corrected chi connectivity index (χ2v) is 8.43. The third-order valence-corrected chi connectivity index (χ3v) is 6.99. The molecule has 3 atom stereocenters. The number of carbonyl (C=O) groups is 1. The summed E-state index contributed by atoms with van der Waals surface area (Å²) in [6, 6.07) is 3.07. The Kier molecular flexibility index (Phi) is 5.49. The second kappa shape index (κ2) is 7.44. The van der Waals surface area contributed by atoms with E-state index in [0.717, 1.165) is 38.1 Å². The zero-order valence-corrected chi connectivity index (χ0v) is 15.5. The summed E-state index contributed by atoms with van der Waals surface area (Å²) in [5.41, 5.74) is -0.553. The highest BCUT2D eigenvalue weighted by molar-refractivity contribution is 5.79. The Bertz CT molecular complexity index is 490. The minimum atomic E-state index is -0.553. The third-order valence-electron chi connectivity index (χ3n) is 6.99. The number of piperidine rings is 1. The van der Waals surface area contributed by atoms with E-state index in [1.807, 2.05) is 7.05 Å². The lowest BCUT2D eigenvalue weighted by Gasteiger charge is -2.48. The monoisotopic (exact) mass is 331 g/mol. The van der Waals surface area contributed by atoms with Gasteiger partial charge in [0, 0.05) is 13.1 Å². The molecule has 3 rings (SSSR count). The molecule has 134 valence electrons. The van der Waals surface area contributed by atoms with Crippen LogP contribution in [-0.4, -0.2) is 47.4 Å². The van der Waals surface area contributed by atoms with Crippen molar-refractivity contribution in [1.82, 2.24) is 9.80 Å². The van der Waals surface area contributed by atoms with Crippen molar-refractivity contribution in [2.75, 3.05) is 20.1 Å². The van der Waals surface area contributed by atoms with E-state index < -0.39 is 5.54 Å². The van der Waals surface area contributed by atoms with Crippen LogP contribution in [0, 0.1) is 23.2 Å². The molecule has 3 unspecified atom stereocenters. The molecule has 2 aliphatic carbocycles. The number of nitrogens with zero attached hydrogens (tertiary/aromatic N) is 3. The molecule has 1 saturated heterocycles. The summed E-state index contributed by atoms with van der Waals surface area (Å²) in [6.45, 7) is 3.91. The molecular formula is C20H33N3O. The van der Waals surface area contributed by atoms with Crippen LogP contribution in [-0.2, 0) is 4.79 Å². The molecule has 0 spiro atoms. The Morgan fingerprint density at radius 3 is 2.58 bits per heavy atom. The van der Waals surface area contributed by atoms with E-state index in [4.69, 9.17) is 0 Å². The van der Waals surface area contributed by atoms with E-state index >= 15 is 0 Å². The van der Waals surface area contributed by atoms with Crippen LogP contribution < -0.4 is 0 Å². The highest BCUT2D eigenvalue weighted by Gasteiger charge is 2.42. The Morgan fingerprint density at radius 1 is 1.17 bits per heavy atom. The SMILES string of the molecule is CC1CCCC2CCCN(CC(=O)N(C)C3(C#N)CCCCC3)C12. The largest absolute Gasteiger partial charge is 0.326 e. The van der Waals surface area contributed by atoms with Crippen LogP contribution in [0.2, 0.25) is 0 Å². The van der Waals surface area contributed by atoms with Crippen LogP contribution in [0.15, 0.2) is 0 Å². The predicted molar refractivity (Wildman–Crippen MR) is 95.3 cm³/mol. The number of likely N-dealkylation sites (tertiary alicyclic amines) is 1. The normalized spacial score (nSPS) is 33.3. The third kappa shape index (κ3) is 3.33. The molecule has 24 heavy (non-hydrogen) atoms. The first-order chi connectivity index (χ1) is 11.6. The van der Waals surface area contributed by atoms with Crippen molar-refractivity contribution < 1.29 is 4.79 Å². The number of hydrogen-bond donors (Lipinski definition) is 0. The minimum absolute atomic E-state index is 0.150. The van der Waals surface area contributed by atoms with Crippen LogP contribution in [0.4, 0.5) is 0 Å². The lowest BCUT2D eigenvalue weighted by atomic mass is 9.73. The van der Waals surface area contributed by atoms with Gasteiger partial charge < -0.3 is 4.90 Å². The molecule has 3 fully saturated rings. The number of hydrogen-bond acceptors (Lipinski definition) is 3. The van der Waals surface area contributed by atoms with Gasteiger partial charge in [0.15, 0.2) is 0 Å². The van der Waals surface area contributed by atoms with Crippen LogP contribution in [0.5, 0.6) is 0 Å². The maximum atomic E-state index is 13.0. The molecule has 3 aliphatic rings. The fourth-order valence-corrected chi connectivity index (χ4v) is 5.55. The number of carbonyl (C=O) groups excluding carboxylic acids is 1. The number of fused-ring (bicyclic) bond motifs is 1. The maximum absolute atomic E-state index is 13.0. The first-order valence-electron chi connectivity index (χ1n) is 9.99. The van der Waals surface area contributed by atoms with Gasteiger partial charge in [0.2, 0.25) is 5.91 Å². The summed E-state index contributed by atoms with van der Waals surface area (Å²) in [4.78, 5) is 17.2.